The van der Waals surface area contributed by atoms with E-state index in [1.807, 2.05) is 25.1 Å². The number of rotatable bonds is 4. The normalized spacial score (nSPS) is 15.2. The van der Waals surface area contributed by atoms with E-state index in [9.17, 15) is 4.79 Å². The Bertz CT molecular complexity index is 550. The lowest BCUT2D eigenvalue weighted by molar-refractivity contribution is 0.0946. The summed E-state index contributed by atoms with van der Waals surface area (Å²) in [5.74, 6) is 7.11. The Hall–Kier alpha value is -1.79. The minimum absolute atomic E-state index is 0.0428. The van der Waals surface area contributed by atoms with Crippen molar-refractivity contribution in [3.63, 3.8) is 0 Å². The van der Waals surface area contributed by atoms with Gasteiger partial charge in [0, 0.05) is 12.1 Å². The summed E-state index contributed by atoms with van der Waals surface area (Å²) < 4.78 is 0. The average molecular weight is 270 g/mol. The van der Waals surface area contributed by atoms with Crippen LogP contribution in [-0.2, 0) is 0 Å². The van der Waals surface area contributed by atoms with Crippen molar-refractivity contribution < 1.29 is 4.79 Å². The number of nitrogens with two attached hydrogens (primary N) is 1. The Balaban J connectivity index is 2.07. The van der Waals surface area contributed by atoms with Crippen LogP contribution in [0.3, 0.4) is 0 Å². The van der Waals surface area contributed by atoms with Crippen molar-refractivity contribution in [1.29, 1.82) is 0 Å². The van der Waals surface area contributed by atoms with Gasteiger partial charge >= 0.3 is 0 Å². The highest BCUT2D eigenvalue weighted by Gasteiger charge is 2.28. The number of hydrogen-bond acceptors (Lipinski definition) is 2. The molecule has 0 saturated heterocycles. The molecule has 0 spiro atoms. The number of carbonyl (C=O) groups excluding carboxylic acids is 1. The Labute approximate surface area is 120 Å². The molecule has 1 atom stereocenters. The lowest BCUT2D eigenvalue weighted by Crippen LogP contribution is -2.29. The van der Waals surface area contributed by atoms with Crippen molar-refractivity contribution in [3.05, 3.63) is 34.9 Å². The molecule has 1 aliphatic rings. The Morgan fingerprint density at radius 1 is 1.50 bits per heavy atom. The molecule has 106 valence electrons. The van der Waals surface area contributed by atoms with E-state index >= 15 is 0 Å². The number of benzene rings is 1. The highest BCUT2D eigenvalue weighted by atomic mass is 16.1. The molecule has 20 heavy (non-hydrogen) atoms. The molecule has 1 unspecified atom stereocenters. The molecule has 1 amide bonds. The molecule has 3 nitrogen and oxygen atoms in total. The summed E-state index contributed by atoms with van der Waals surface area (Å²) in [6.45, 7) is 5.22. The highest BCUT2D eigenvalue weighted by Crippen LogP contribution is 2.36. The van der Waals surface area contributed by atoms with Gasteiger partial charge in [0.05, 0.1) is 12.1 Å². The summed E-state index contributed by atoms with van der Waals surface area (Å²) in [6.07, 6.45) is 2.60. The fourth-order valence-corrected chi connectivity index (χ4v) is 2.29. The van der Waals surface area contributed by atoms with Gasteiger partial charge in [-0.25, -0.2) is 0 Å². The summed E-state index contributed by atoms with van der Waals surface area (Å²) in [7, 11) is 0. The van der Waals surface area contributed by atoms with E-state index in [0.29, 0.717) is 18.0 Å². The second-order valence-electron chi connectivity index (χ2n) is 5.58. The van der Waals surface area contributed by atoms with Crippen molar-refractivity contribution in [2.75, 3.05) is 13.1 Å². The maximum Gasteiger partial charge on any atom is 0.252 e. The number of amides is 1. The van der Waals surface area contributed by atoms with Gasteiger partial charge in [-0.15, -0.1) is 0 Å². The first kappa shape index (κ1) is 14.6. The van der Waals surface area contributed by atoms with Gasteiger partial charge in [-0.05, 0) is 49.3 Å². The first-order chi connectivity index (χ1) is 9.61. The van der Waals surface area contributed by atoms with Gasteiger partial charge in [-0.2, -0.15) is 0 Å². The van der Waals surface area contributed by atoms with E-state index in [0.717, 1.165) is 23.6 Å². The molecule has 3 N–H and O–H groups in total. The molecule has 1 aromatic rings. The standard InChI is InChI=1S/C17H22N2O/c1-12-5-8-16(15(10-12)4-3-9-18)17(20)19-11-13(2)14-6-7-14/h5,8,10,13-14H,6-7,9,11,18H2,1-2H3,(H,19,20). The Kier molecular flexibility index (Phi) is 4.81. The fraction of sp³-hybridized carbons (Fsp3) is 0.471. The van der Waals surface area contributed by atoms with Crippen molar-refractivity contribution in [1.82, 2.24) is 5.32 Å². The van der Waals surface area contributed by atoms with Crippen LogP contribution in [-0.4, -0.2) is 19.0 Å². The third-order valence-electron chi connectivity index (χ3n) is 3.76. The molecule has 1 fully saturated rings. The maximum absolute atomic E-state index is 12.3. The number of carbonyl (C=O) groups is 1. The molecule has 3 heteroatoms. The smallest absolute Gasteiger partial charge is 0.252 e. The SMILES string of the molecule is Cc1ccc(C(=O)NCC(C)C2CC2)c(C#CCN)c1. The number of nitrogens with one attached hydrogen (secondary N) is 1. The second-order valence-corrected chi connectivity index (χ2v) is 5.58. The van der Waals surface area contributed by atoms with Crippen LogP contribution in [0.4, 0.5) is 0 Å². The molecule has 2 rings (SSSR count). The van der Waals surface area contributed by atoms with E-state index in [4.69, 9.17) is 5.73 Å². The van der Waals surface area contributed by atoms with Crippen molar-refractivity contribution in [2.24, 2.45) is 17.6 Å². The number of aryl methyl sites for hydroxylation is 1. The largest absolute Gasteiger partial charge is 0.352 e. The minimum Gasteiger partial charge on any atom is -0.352 e. The second kappa shape index (κ2) is 6.58. The van der Waals surface area contributed by atoms with Crippen LogP contribution in [0.25, 0.3) is 0 Å². The molecule has 0 aromatic heterocycles. The first-order valence-electron chi connectivity index (χ1n) is 7.19. The fourth-order valence-electron chi connectivity index (χ4n) is 2.29. The van der Waals surface area contributed by atoms with Crippen LogP contribution in [0.1, 0.15) is 41.3 Å². The zero-order valence-electron chi connectivity index (χ0n) is 12.2. The van der Waals surface area contributed by atoms with Crippen LogP contribution in [0, 0.1) is 30.6 Å². The molecular formula is C17H22N2O. The Morgan fingerprint density at radius 2 is 2.25 bits per heavy atom. The van der Waals surface area contributed by atoms with E-state index in [1.54, 1.807) is 0 Å². The van der Waals surface area contributed by atoms with Crippen LogP contribution >= 0.6 is 0 Å². The summed E-state index contributed by atoms with van der Waals surface area (Å²) in [4.78, 5) is 12.3. The van der Waals surface area contributed by atoms with Gasteiger partial charge in [0.25, 0.3) is 5.91 Å². The van der Waals surface area contributed by atoms with E-state index in [-0.39, 0.29) is 5.91 Å². The lowest BCUT2D eigenvalue weighted by Gasteiger charge is -2.12. The van der Waals surface area contributed by atoms with Crippen molar-refractivity contribution in [3.8, 4) is 11.8 Å². The molecule has 0 radical (unpaired) electrons. The van der Waals surface area contributed by atoms with E-state index < -0.39 is 0 Å². The van der Waals surface area contributed by atoms with Crippen LogP contribution < -0.4 is 11.1 Å². The first-order valence-corrected chi connectivity index (χ1v) is 7.19. The highest BCUT2D eigenvalue weighted by molar-refractivity contribution is 5.96. The van der Waals surface area contributed by atoms with Gasteiger partial charge in [-0.1, -0.05) is 24.8 Å². The summed E-state index contributed by atoms with van der Waals surface area (Å²) >= 11 is 0. The van der Waals surface area contributed by atoms with Crippen molar-refractivity contribution in [2.45, 2.75) is 26.7 Å². The monoisotopic (exact) mass is 270 g/mol. The third kappa shape index (κ3) is 3.85. The average Bonchev–Trinajstić information content (AvgIpc) is 3.26. The van der Waals surface area contributed by atoms with Crippen LogP contribution in [0.15, 0.2) is 18.2 Å². The summed E-state index contributed by atoms with van der Waals surface area (Å²) in [5, 5.41) is 3.02. The number of hydrogen-bond donors (Lipinski definition) is 2. The van der Waals surface area contributed by atoms with Gasteiger partial charge in [-0.3, -0.25) is 4.79 Å². The third-order valence-corrected chi connectivity index (χ3v) is 3.76. The van der Waals surface area contributed by atoms with Gasteiger partial charge in [0.2, 0.25) is 0 Å². The molecule has 1 aliphatic carbocycles. The van der Waals surface area contributed by atoms with Crippen LogP contribution in [0.2, 0.25) is 0 Å². The molecule has 0 aliphatic heterocycles. The molecule has 0 bridgehead atoms. The van der Waals surface area contributed by atoms with E-state index in [1.165, 1.54) is 12.8 Å². The van der Waals surface area contributed by atoms with E-state index in [2.05, 4.69) is 24.1 Å². The van der Waals surface area contributed by atoms with Crippen molar-refractivity contribution >= 4 is 5.91 Å². The van der Waals surface area contributed by atoms with Gasteiger partial charge in [0.1, 0.15) is 0 Å². The maximum atomic E-state index is 12.3. The zero-order chi connectivity index (χ0) is 14.5. The van der Waals surface area contributed by atoms with Crippen LogP contribution in [0.5, 0.6) is 0 Å². The predicted molar refractivity (Wildman–Crippen MR) is 81.3 cm³/mol. The van der Waals surface area contributed by atoms with Gasteiger partial charge in [0.15, 0.2) is 0 Å². The van der Waals surface area contributed by atoms with Gasteiger partial charge < -0.3 is 11.1 Å². The molecule has 1 aromatic carbocycles. The zero-order valence-corrected chi connectivity index (χ0v) is 12.2. The lowest BCUT2D eigenvalue weighted by atomic mass is 10.0. The summed E-state index contributed by atoms with van der Waals surface area (Å²) in [5.41, 5.74) is 7.89. The Morgan fingerprint density at radius 3 is 2.90 bits per heavy atom. The minimum atomic E-state index is -0.0428. The predicted octanol–water partition coefficient (Wildman–Crippen LogP) is 2.08. The quantitative estimate of drug-likeness (QED) is 0.823. The molecule has 1 saturated carbocycles. The topological polar surface area (TPSA) is 55.1 Å². The molecule has 0 heterocycles. The summed E-state index contributed by atoms with van der Waals surface area (Å²) in [6, 6.07) is 5.71. The molecular weight excluding hydrogens is 248 g/mol.